The molecular formula is C23H34N4O3. The summed E-state index contributed by atoms with van der Waals surface area (Å²) in [6.07, 6.45) is 3.48. The first kappa shape index (κ1) is 23.6. The molecule has 2 aromatic rings. The number of imidazole rings is 1. The maximum atomic E-state index is 12.7. The minimum atomic E-state index is -0.741. The lowest BCUT2D eigenvalue weighted by Gasteiger charge is -2.24. The first-order valence-corrected chi connectivity index (χ1v) is 10.4. The molecule has 3 atom stereocenters. The number of hydrogen-bond donors (Lipinski definition) is 3. The fraction of sp³-hybridized carbons (Fsp3) is 0.522. The normalized spacial score (nSPS) is 14.4. The van der Waals surface area contributed by atoms with E-state index in [1.54, 1.807) is 6.33 Å². The van der Waals surface area contributed by atoms with Crippen molar-refractivity contribution < 1.29 is 14.3 Å². The topological polar surface area (TPSA) is 110 Å². The van der Waals surface area contributed by atoms with Gasteiger partial charge in [0.2, 0.25) is 5.91 Å². The number of aromatic amines is 1. The highest BCUT2D eigenvalue weighted by molar-refractivity contribution is 5.87. The average Bonchev–Trinajstić information content (AvgIpc) is 3.24. The van der Waals surface area contributed by atoms with Crippen molar-refractivity contribution in [2.75, 3.05) is 0 Å². The van der Waals surface area contributed by atoms with Gasteiger partial charge in [0, 0.05) is 17.8 Å². The third-order valence-corrected chi connectivity index (χ3v) is 5.55. The van der Waals surface area contributed by atoms with Crippen LogP contribution in [0.4, 0.5) is 0 Å². The molecule has 0 bridgehead atoms. The van der Waals surface area contributed by atoms with E-state index >= 15 is 0 Å². The number of rotatable bonds is 9. The van der Waals surface area contributed by atoms with Gasteiger partial charge < -0.3 is 20.8 Å². The molecule has 2 rings (SSSR count). The number of ether oxygens (including phenoxy) is 1. The molecular weight excluding hydrogens is 380 g/mol. The van der Waals surface area contributed by atoms with Crippen LogP contribution in [0, 0.1) is 18.8 Å². The van der Waals surface area contributed by atoms with Gasteiger partial charge in [0.05, 0.1) is 12.4 Å². The maximum absolute atomic E-state index is 12.7. The molecule has 0 spiro atoms. The Balaban J connectivity index is 2.08. The van der Waals surface area contributed by atoms with E-state index < -0.39 is 18.1 Å². The number of amides is 1. The van der Waals surface area contributed by atoms with Crippen LogP contribution in [0.3, 0.4) is 0 Å². The fourth-order valence-corrected chi connectivity index (χ4v) is 3.29. The molecule has 0 aliphatic rings. The first-order valence-electron chi connectivity index (χ1n) is 10.4. The van der Waals surface area contributed by atoms with E-state index in [-0.39, 0.29) is 30.3 Å². The molecule has 0 saturated heterocycles. The van der Waals surface area contributed by atoms with Crippen molar-refractivity contribution in [1.29, 1.82) is 0 Å². The highest BCUT2D eigenvalue weighted by atomic mass is 16.5. The highest BCUT2D eigenvalue weighted by Gasteiger charge is 2.29. The molecule has 0 aliphatic heterocycles. The van der Waals surface area contributed by atoms with Gasteiger partial charge >= 0.3 is 5.97 Å². The van der Waals surface area contributed by atoms with E-state index in [9.17, 15) is 9.59 Å². The first-order chi connectivity index (χ1) is 14.1. The number of carbonyl (C=O) groups excluding carboxylic acids is 2. The van der Waals surface area contributed by atoms with E-state index in [0.717, 1.165) is 22.4 Å². The number of hydrogen-bond acceptors (Lipinski definition) is 5. The Morgan fingerprint density at radius 2 is 1.87 bits per heavy atom. The second-order valence-corrected chi connectivity index (χ2v) is 8.47. The molecule has 7 nitrogen and oxygen atoms in total. The van der Waals surface area contributed by atoms with Crippen LogP contribution < -0.4 is 11.1 Å². The van der Waals surface area contributed by atoms with Crippen molar-refractivity contribution in [3.63, 3.8) is 0 Å². The van der Waals surface area contributed by atoms with E-state index in [4.69, 9.17) is 10.5 Å². The van der Waals surface area contributed by atoms with Gasteiger partial charge in [-0.25, -0.2) is 9.78 Å². The smallest absolute Gasteiger partial charge is 0.329 e. The molecule has 4 N–H and O–H groups in total. The molecule has 0 fully saturated rings. The lowest BCUT2D eigenvalue weighted by molar-refractivity contribution is -0.150. The van der Waals surface area contributed by atoms with Crippen molar-refractivity contribution in [3.05, 3.63) is 53.1 Å². The lowest BCUT2D eigenvalue weighted by atomic mass is 9.91. The summed E-state index contributed by atoms with van der Waals surface area (Å²) in [6.45, 7) is 11.7. The number of esters is 1. The number of aromatic nitrogens is 2. The zero-order chi connectivity index (χ0) is 22.4. The van der Waals surface area contributed by atoms with Crippen LogP contribution in [0.1, 0.15) is 62.9 Å². The minimum absolute atomic E-state index is 0.0175. The number of carbonyl (C=O) groups is 2. The molecule has 7 heteroatoms. The summed E-state index contributed by atoms with van der Waals surface area (Å²) >= 11 is 0. The fourth-order valence-electron chi connectivity index (χ4n) is 3.29. The number of nitrogens with two attached hydrogens (primary N) is 1. The summed E-state index contributed by atoms with van der Waals surface area (Å²) in [5, 5.41) is 2.75. The van der Waals surface area contributed by atoms with E-state index in [0.29, 0.717) is 0 Å². The largest absolute Gasteiger partial charge is 0.459 e. The van der Waals surface area contributed by atoms with Gasteiger partial charge in [-0.05, 0) is 35.4 Å². The molecule has 30 heavy (non-hydrogen) atoms. The summed E-state index contributed by atoms with van der Waals surface area (Å²) in [7, 11) is 0. The van der Waals surface area contributed by atoms with Crippen LogP contribution in [-0.2, 0) is 20.9 Å². The van der Waals surface area contributed by atoms with Crippen LogP contribution in [-0.4, -0.2) is 33.9 Å². The predicted octanol–water partition coefficient (Wildman–Crippen LogP) is 3.04. The van der Waals surface area contributed by atoms with Gasteiger partial charge in [-0.3, -0.25) is 4.79 Å². The monoisotopic (exact) mass is 414 g/mol. The second-order valence-electron chi connectivity index (χ2n) is 8.47. The summed E-state index contributed by atoms with van der Waals surface area (Å²) in [5.74, 6) is -0.791. The van der Waals surface area contributed by atoms with Gasteiger partial charge in [0.15, 0.2) is 0 Å². The lowest BCUT2D eigenvalue weighted by Crippen LogP contribution is -2.52. The van der Waals surface area contributed by atoms with Gasteiger partial charge in [-0.1, -0.05) is 52.8 Å². The van der Waals surface area contributed by atoms with Gasteiger partial charge in [-0.2, -0.15) is 0 Å². The van der Waals surface area contributed by atoms with Gasteiger partial charge in [0.1, 0.15) is 12.6 Å². The summed E-state index contributed by atoms with van der Waals surface area (Å²) in [6, 6.07) is 4.57. The van der Waals surface area contributed by atoms with Crippen LogP contribution in [0.5, 0.6) is 0 Å². The Bertz CT molecular complexity index is 846. The SMILES string of the molecule is Cc1c(COC(=O)C(NC(=O)C(N)C(C)C)C(C)C)cccc1C(C)c1cnc[nH]1. The van der Waals surface area contributed by atoms with Gasteiger partial charge in [-0.15, -0.1) is 0 Å². The second kappa shape index (κ2) is 10.4. The van der Waals surface area contributed by atoms with Crippen molar-refractivity contribution in [2.45, 2.75) is 66.2 Å². The number of nitrogens with one attached hydrogen (secondary N) is 2. The Labute approximate surface area is 178 Å². The van der Waals surface area contributed by atoms with Crippen molar-refractivity contribution >= 4 is 11.9 Å². The van der Waals surface area contributed by atoms with Crippen molar-refractivity contribution in [3.8, 4) is 0 Å². The van der Waals surface area contributed by atoms with E-state index in [1.165, 1.54) is 0 Å². The Morgan fingerprint density at radius 1 is 1.17 bits per heavy atom. The van der Waals surface area contributed by atoms with E-state index in [2.05, 4.69) is 28.3 Å². The zero-order valence-electron chi connectivity index (χ0n) is 18.7. The summed E-state index contributed by atoms with van der Waals surface area (Å²) in [4.78, 5) is 32.3. The highest BCUT2D eigenvalue weighted by Crippen LogP contribution is 2.27. The zero-order valence-corrected chi connectivity index (χ0v) is 18.7. The Morgan fingerprint density at radius 3 is 2.43 bits per heavy atom. The van der Waals surface area contributed by atoms with Crippen molar-refractivity contribution in [1.82, 2.24) is 15.3 Å². The molecule has 1 amide bonds. The quantitative estimate of drug-likeness (QED) is 0.546. The molecule has 164 valence electrons. The molecule has 1 heterocycles. The van der Waals surface area contributed by atoms with Crippen molar-refractivity contribution in [2.24, 2.45) is 17.6 Å². The predicted molar refractivity (Wildman–Crippen MR) is 117 cm³/mol. The van der Waals surface area contributed by atoms with Crippen LogP contribution in [0.2, 0.25) is 0 Å². The molecule has 1 aromatic carbocycles. The van der Waals surface area contributed by atoms with Gasteiger partial charge in [0.25, 0.3) is 0 Å². The average molecular weight is 415 g/mol. The molecule has 1 aromatic heterocycles. The Hall–Kier alpha value is -2.67. The van der Waals surface area contributed by atoms with Crippen LogP contribution >= 0.6 is 0 Å². The Kier molecular flexibility index (Phi) is 8.17. The molecule has 0 saturated carbocycles. The number of H-pyrrole nitrogens is 1. The van der Waals surface area contributed by atoms with E-state index in [1.807, 2.05) is 52.9 Å². The van der Waals surface area contributed by atoms with Crippen LogP contribution in [0.15, 0.2) is 30.7 Å². The number of nitrogens with zero attached hydrogens (tertiary/aromatic N) is 1. The third kappa shape index (κ3) is 5.69. The standard InChI is InChI=1S/C23H34N4O3/c1-13(2)20(24)22(28)27-21(14(3)4)23(29)30-11-17-8-7-9-18(15(17)5)16(6)19-10-25-12-26-19/h7-10,12-14,16,20-21H,11,24H2,1-6H3,(H,25,26)(H,27,28). The summed E-state index contributed by atoms with van der Waals surface area (Å²) < 4.78 is 5.58. The maximum Gasteiger partial charge on any atom is 0.329 e. The third-order valence-electron chi connectivity index (χ3n) is 5.55. The molecule has 0 radical (unpaired) electrons. The molecule has 0 aliphatic carbocycles. The summed E-state index contributed by atoms with van der Waals surface area (Å²) in [5.41, 5.74) is 10.1. The minimum Gasteiger partial charge on any atom is -0.459 e. The number of benzene rings is 1. The molecule has 3 unspecified atom stereocenters. The van der Waals surface area contributed by atoms with Crippen LogP contribution in [0.25, 0.3) is 0 Å².